The molecule has 0 radical (unpaired) electrons. The number of aromatic nitrogens is 1. The number of hydrogen-bond acceptors (Lipinski definition) is 3. The Bertz CT molecular complexity index is 376. The summed E-state index contributed by atoms with van der Waals surface area (Å²) in [5.41, 5.74) is 4.73. The molecule has 3 N–H and O–H groups in total. The van der Waals surface area contributed by atoms with E-state index >= 15 is 0 Å². The molecule has 6 heteroatoms. The van der Waals surface area contributed by atoms with Crippen LogP contribution < -0.4 is 11.1 Å². The smallest absolute Gasteiger partial charge is 0.363 e. The van der Waals surface area contributed by atoms with Crippen molar-refractivity contribution in [1.82, 2.24) is 4.98 Å². The molecule has 0 aromatic carbocycles. The summed E-state index contributed by atoms with van der Waals surface area (Å²) in [6.07, 6.45) is -0.540. The molecule has 3 nitrogen and oxygen atoms in total. The van der Waals surface area contributed by atoms with Crippen LogP contribution in [0, 0.1) is 0 Å². The Balaban J connectivity index is 2.08. The van der Waals surface area contributed by atoms with Crippen molar-refractivity contribution in [2.75, 3.05) is 11.9 Å². The number of nitrogens with one attached hydrogen (secondary N) is 1. The Labute approximate surface area is 97.2 Å². The summed E-state index contributed by atoms with van der Waals surface area (Å²) in [7, 11) is 0. The summed E-state index contributed by atoms with van der Waals surface area (Å²) in [5, 5.41) is 3.12. The fourth-order valence-electron chi connectivity index (χ4n) is 1.89. The maximum atomic E-state index is 12.3. The lowest BCUT2D eigenvalue weighted by Crippen LogP contribution is -2.51. The van der Waals surface area contributed by atoms with Gasteiger partial charge in [0.05, 0.1) is 11.1 Å². The van der Waals surface area contributed by atoms with E-state index in [1.165, 1.54) is 6.07 Å². The Kier molecular flexibility index (Phi) is 2.99. The Morgan fingerprint density at radius 2 is 2.06 bits per heavy atom. The first-order valence-electron chi connectivity index (χ1n) is 5.47. The molecule has 1 aromatic rings. The topological polar surface area (TPSA) is 50.9 Å². The van der Waals surface area contributed by atoms with Gasteiger partial charge in [-0.1, -0.05) is 0 Å². The zero-order valence-electron chi connectivity index (χ0n) is 9.22. The fraction of sp³-hybridized carbons (Fsp3) is 0.545. The predicted molar refractivity (Wildman–Crippen MR) is 58.5 cm³/mol. The number of anilines is 1. The minimum absolute atomic E-state index is 0.174. The molecular weight excluding hydrogens is 231 g/mol. The summed E-state index contributed by atoms with van der Waals surface area (Å²) in [6, 6.07) is 2.37. The second-order valence-corrected chi connectivity index (χ2v) is 4.39. The molecule has 1 aromatic heterocycles. The van der Waals surface area contributed by atoms with Crippen molar-refractivity contribution >= 4 is 5.82 Å². The summed E-state index contributed by atoms with van der Waals surface area (Å²) < 4.78 is 37.0. The molecule has 1 aliphatic rings. The minimum atomic E-state index is -4.34. The largest absolute Gasteiger partial charge is 0.417 e. The third-order valence-electron chi connectivity index (χ3n) is 3.19. The molecule has 1 aliphatic carbocycles. The lowest BCUT2D eigenvalue weighted by Gasteiger charge is -2.42. The van der Waals surface area contributed by atoms with E-state index in [0.717, 1.165) is 31.5 Å². The van der Waals surface area contributed by atoms with Gasteiger partial charge in [0.15, 0.2) is 0 Å². The van der Waals surface area contributed by atoms with E-state index in [2.05, 4.69) is 10.3 Å². The average Bonchev–Trinajstić information content (AvgIpc) is 2.23. The number of nitrogens with two attached hydrogens (primary N) is 1. The molecule has 17 heavy (non-hydrogen) atoms. The number of nitrogens with zero attached hydrogens (tertiary/aromatic N) is 1. The maximum Gasteiger partial charge on any atom is 0.417 e. The van der Waals surface area contributed by atoms with E-state index in [-0.39, 0.29) is 5.54 Å². The van der Waals surface area contributed by atoms with Crippen LogP contribution >= 0.6 is 0 Å². The second-order valence-electron chi connectivity index (χ2n) is 4.39. The summed E-state index contributed by atoms with van der Waals surface area (Å²) in [5.74, 6) is 0.447. The van der Waals surface area contributed by atoms with Crippen molar-refractivity contribution in [2.24, 2.45) is 5.73 Å². The van der Waals surface area contributed by atoms with Gasteiger partial charge in [-0.2, -0.15) is 13.2 Å². The molecule has 2 rings (SSSR count). The first-order chi connectivity index (χ1) is 7.95. The predicted octanol–water partition coefficient (Wildman–Crippen LogP) is 2.39. The van der Waals surface area contributed by atoms with Crippen LogP contribution in [0.3, 0.4) is 0 Å². The van der Waals surface area contributed by atoms with Gasteiger partial charge in [-0.3, -0.25) is 0 Å². The van der Waals surface area contributed by atoms with Gasteiger partial charge in [-0.05, 0) is 31.4 Å². The first kappa shape index (κ1) is 12.2. The van der Waals surface area contributed by atoms with Crippen molar-refractivity contribution < 1.29 is 13.2 Å². The van der Waals surface area contributed by atoms with Crippen LogP contribution in [0.15, 0.2) is 18.3 Å². The van der Waals surface area contributed by atoms with Crippen LogP contribution in [0.1, 0.15) is 24.8 Å². The van der Waals surface area contributed by atoms with Crippen LogP contribution in [0.4, 0.5) is 19.0 Å². The summed E-state index contributed by atoms with van der Waals surface area (Å²) in [4.78, 5) is 3.77. The summed E-state index contributed by atoms with van der Waals surface area (Å²) >= 11 is 0. The van der Waals surface area contributed by atoms with Crippen molar-refractivity contribution in [3.8, 4) is 0 Å². The molecule has 1 heterocycles. The fourth-order valence-corrected chi connectivity index (χ4v) is 1.89. The number of hydrogen-bond donors (Lipinski definition) is 2. The molecule has 0 bridgehead atoms. The zero-order chi connectivity index (χ0) is 12.5. The van der Waals surface area contributed by atoms with E-state index in [1.54, 1.807) is 0 Å². The SMILES string of the molecule is NCC1(Nc2ccc(C(F)(F)F)cn2)CCC1. The maximum absolute atomic E-state index is 12.3. The van der Waals surface area contributed by atoms with Gasteiger partial charge in [0.25, 0.3) is 0 Å². The van der Waals surface area contributed by atoms with Gasteiger partial charge in [0.1, 0.15) is 5.82 Å². The van der Waals surface area contributed by atoms with Crippen LogP contribution in [-0.2, 0) is 6.18 Å². The molecule has 0 atom stereocenters. The second kappa shape index (κ2) is 4.18. The van der Waals surface area contributed by atoms with Crippen LogP contribution in [0.25, 0.3) is 0 Å². The molecule has 1 saturated carbocycles. The van der Waals surface area contributed by atoms with Crippen molar-refractivity contribution in [1.29, 1.82) is 0 Å². The number of pyridine rings is 1. The standard InChI is InChI=1S/C11H14F3N3/c12-11(13,14)8-2-3-9(16-6-8)17-10(7-15)4-1-5-10/h2-3,6H,1,4-5,7,15H2,(H,16,17). The van der Waals surface area contributed by atoms with E-state index in [4.69, 9.17) is 5.73 Å². The number of halogens is 3. The van der Waals surface area contributed by atoms with Crippen LogP contribution in [0.5, 0.6) is 0 Å². The molecule has 0 spiro atoms. The van der Waals surface area contributed by atoms with Crippen LogP contribution in [-0.4, -0.2) is 17.1 Å². The highest BCUT2D eigenvalue weighted by atomic mass is 19.4. The van der Waals surface area contributed by atoms with Gasteiger partial charge in [0, 0.05) is 12.7 Å². The third-order valence-corrected chi connectivity index (χ3v) is 3.19. The average molecular weight is 245 g/mol. The lowest BCUT2D eigenvalue weighted by atomic mass is 9.77. The zero-order valence-corrected chi connectivity index (χ0v) is 9.22. The minimum Gasteiger partial charge on any atom is -0.363 e. The van der Waals surface area contributed by atoms with Gasteiger partial charge in [-0.25, -0.2) is 4.98 Å². The van der Waals surface area contributed by atoms with Crippen molar-refractivity contribution in [3.05, 3.63) is 23.9 Å². The molecule has 0 saturated heterocycles. The van der Waals surface area contributed by atoms with Gasteiger partial charge in [-0.15, -0.1) is 0 Å². The third kappa shape index (κ3) is 2.52. The Morgan fingerprint density at radius 1 is 1.35 bits per heavy atom. The van der Waals surface area contributed by atoms with Crippen LogP contribution in [0.2, 0.25) is 0 Å². The number of rotatable bonds is 3. The number of alkyl halides is 3. The molecule has 0 aliphatic heterocycles. The monoisotopic (exact) mass is 245 g/mol. The Hall–Kier alpha value is -1.30. The van der Waals surface area contributed by atoms with E-state index in [0.29, 0.717) is 12.4 Å². The van der Waals surface area contributed by atoms with E-state index < -0.39 is 11.7 Å². The highest BCUT2D eigenvalue weighted by molar-refractivity contribution is 5.40. The highest BCUT2D eigenvalue weighted by Gasteiger charge is 2.36. The molecule has 0 amide bonds. The van der Waals surface area contributed by atoms with Crippen molar-refractivity contribution in [3.63, 3.8) is 0 Å². The molecule has 1 fully saturated rings. The first-order valence-corrected chi connectivity index (χ1v) is 5.47. The normalized spacial score (nSPS) is 18.6. The van der Waals surface area contributed by atoms with Gasteiger partial charge in [0.2, 0.25) is 0 Å². The Morgan fingerprint density at radius 3 is 2.41 bits per heavy atom. The van der Waals surface area contributed by atoms with Gasteiger partial charge < -0.3 is 11.1 Å². The van der Waals surface area contributed by atoms with E-state index in [1.807, 2.05) is 0 Å². The molecule has 94 valence electrons. The molecule has 0 unspecified atom stereocenters. The van der Waals surface area contributed by atoms with Gasteiger partial charge >= 0.3 is 6.18 Å². The van der Waals surface area contributed by atoms with E-state index in [9.17, 15) is 13.2 Å². The summed E-state index contributed by atoms with van der Waals surface area (Å²) in [6.45, 7) is 0.468. The highest BCUT2D eigenvalue weighted by Crippen LogP contribution is 2.34. The van der Waals surface area contributed by atoms with Crippen molar-refractivity contribution in [2.45, 2.75) is 31.0 Å². The molecular formula is C11H14F3N3. The quantitative estimate of drug-likeness (QED) is 0.859. The lowest BCUT2D eigenvalue weighted by molar-refractivity contribution is -0.137.